The van der Waals surface area contributed by atoms with Gasteiger partial charge in [-0.3, -0.25) is 9.19 Å². The van der Waals surface area contributed by atoms with Gasteiger partial charge in [0.25, 0.3) is 0 Å². The molecule has 5 nitrogen and oxygen atoms in total. The third kappa shape index (κ3) is 2.83. The molecule has 0 radical (unpaired) electrons. The van der Waals surface area contributed by atoms with E-state index >= 15 is 0 Å². The summed E-state index contributed by atoms with van der Waals surface area (Å²) in [6.07, 6.45) is 7.88. The van der Waals surface area contributed by atoms with Crippen molar-refractivity contribution < 1.29 is 4.21 Å². The first kappa shape index (κ1) is 17.5. The van der Waals surface area contributed by atoms with E-state index in [1.807, 2.05) is 43.7 Å². The van der Waals surface area contributed by atoms with Crippen molar-refractivity contribution in [2.75, 3.05) is 17.2 Å². The zero-order valence-corrected chi connectivity index (χ0v) is 16.9. The fraction of sp³-hybridized carbons (Fsp3) is 0.318. The molecule has 142 valence electrons. The van der Waals surface area contributed by atoms with Crippen molar-refractivity contribution in [1.29, 1.82) is 0 Å². The Balaban J connectivity index is 1.52. The van der Waals surface area contributed by atoms with Crippen LogP contribution in [0.25, 0.3) is 11.3 Å². The molecular formula is C22H22N4OS. The second-order valence-corrected chi connectivity index (χ2v) is 9.41. The van der Waals surface area contributed by atoms with Crippen molar-refractivity contribution in [3.8, 4) is 11.3 Å². The Labute approximate surface area is 167 Å². The van der Waals surface area contributed by atoms with Crippen molar-refractivity contribution in [2.45, 2.75) is 37.0 Å². The lowest BCUT2D eigenvalue weighted by Crippen LogP contribution is -2.21. The molecule has 2 aromatic heterocycles. The second kappa shape index (κ2) is 6.48. The molecule has 1 aliphatic carbocycles. The van der Waals surface area contributed by atoms with Gasteiger partial charge < -0.3 is 4.90 Å². The van der Waals surface area contributed by atoms with Crippen LogP contribution in [0.4, 0.5) is 11.6 Å². The molecule has 3 heterocycles. The summed E-state index contributed by atoms with van der Waals surface area (Å²) in [6.45, 7) is 4.89. The summed E-state index contributed by atoms with van der Waals surface area (Å²) < 4.78 is 12.3. The van der Waals surface area contributed by atoms with E-state index in [0.29, 0.717) is 11.7 Å². The predicted molar refractivity (Wildman–Crippen MR) is 111 cm³/mol. The van der Waals surface area contributed by atoms with Gasteiger partial charge in [0.1, 0.15) is 0 Å². The van der Waals surface area contributed by atoms with E-state index in [0.717, 1.165) is 33.9 Å². The average Bonchev–Trinajstić information content (AvgIpc) is 3.44. The summed E-state index contributed by atoms with van der Waals surface area (Å²) in [4.78, 5) is 16.8. The van der Waals surface area contributed by atoms with E-state index in [1.54, 1.807) is 0 Å². The Bertz CT molecular complexity index is 1080. The summed E-state index contributed by atoms with van der Waals surface area (Å²) in [5, 5.41) is 0. The maximum atomic E-state index is 12.3. The highest BCUT2D eigenvalue weighted by atomic mass is 32.2. The van der Waals surface area contributed by atoms with E-state index in [1.165, 1.54) is 18.4 Å². The van der Waals surface area contributed by atoms with Crippen LogP contribution in [0.15, 0.2) is 53.8 Å². The number of benzene rings is 1. The van der Waals surface area contributed by atoms with Crippen LogP contribution in [0.2, 0.25) is 0 Å². The third-order valence-electron chi connectivity index (χ3n) is 5.76. The normalized spacial score (nSPS) is 17.6. The van der Waals surface area contributed by atoms with Crippen molar-refractivity contribution >= 4 is 22.4 Å². The molecule has 3 aromatic rings. The molecule has 5 rings (SSSR count). The lowest BCUT2D eigenvalue weighted by atomic mass is 9.99. The molecular weight excluding hydrogens is 368 g/mol. The number of hydrogen-bond acceptors (Lipinski definition) is 5. The van der Waals surface area contributed by atoms with E-state index in [9.17, 15) is 4.21 Å². The molecule has 6 heteroatoms. The zero-order chi connectivity index (χ0) is 19.3. The highest BCUT2D eigenvalue weighted by molar-refractivity contribution is 7.85. The largest absolute Gasteiger partial charge is 0.309 e. The summed E-state index contributed by atoms with van der Waals surface area (Å²) in [5.41, 5.74) is 5.63. The van der Waals surface area contributed by atoms with Gasteiger partial charge >= 0.3 is 0 Å². The van der Waals surface area contributed by atoms with Crippen LogP contribution in [-0.2, 0) is 16.2 Å². The van der Waals surface area contributed by atoms with Crippen molar-refractivity contribution in [2.24, 2.45) is 0 Å². The van der Waals surface area contributed by atoms with Gasteiger partial charge in [0.2, 0.25) is 5.95 Å². The van der Waals surface area contributed by atoms with Crippen molar-refractivity contribution in [3.05, 3.63) is 60.0 Å². The van der Waals surface area contributed by atoms with Gasteiger partial charge in [-0.05, 0) is 55.2 Å². The first-order valence-corrected chi connectivity index (χ1v) is 11.0. The second-order valence-electron chi connectivity index (χ2n) is 7.67. The van der Waals surface area contributed by atoms with Gasteiger partial charge in [-0.15, -0.1) is 0 Å². The first-order valence-electron chi connectivity index (χ1n) is 9.65. The Kier molecular flexibility index (Phi) is 4.05. The maximum absolute atomic E-state index is 12.3. The van der Waals surface area contributed by atoms with Gasteiger partial charge in [-0.25, -0.2) is 9.97 Å². The average molecular weight is 391 g/mol. The SMILES string of the molecule is CCS(=O)c1ccc2c(c1)N(c1ncc(-c3cc(C)ccn3)cn1)CC21CC1. The predicted octanol–water partition coefficient (Wildman–Crippen LogP) is 4.16. The van der Waals surface area contributed by atoms with Crippen LogP contribution in [0.1, 0.15) is 30.9 Å². The molecule has 0 amide bonds. The standard InChI is InChI=1S/C22H22N4OS/c1-3-28(27)17-4-5-18-20(11-17)26(14-22(18)7-8-22)21-24-12-16(13-25-21)19-10-15(2)6-9-23-19/h4-6,9-13H,3,7-8,14H2,1-2H3. The van der Waals surface area contributed by atoms with Gasteiger partial charge in [-0.2, -0.15) is 0 Å². The molecule has 1 atom stereocenters. The summed E-state index contributed by atoms with van der Waals surface area (Å²) in [6, 6.07) is 10.3. The van der Waals surface area contributed by atoms with Crippen LogP contribution >= 0.6 is 0 Å². The summed E-state index contributed by atoms with van der Waals surface area (Å²) in [5.74, 6) is 1.32. The number of nitrogens with zero attached hydrogens (tertiary/aromatic N) is 4. The highest BCUT2D eigenvalue weighted by Gasteiger charge is 2.52. The minimum Gasteiger partial charge on any atom is -0.309 e. The van der Waals surface area contributed by atoms with Gasteiger partial charge in [0.15, 0.2) is 0 Å². The molecule has 1 fully saturated rings. The van der Waals surface area contributed by atoms with Crippen LogP contribution in [0.5, 0.6) is 0 Å². The topological polar surface area (TPSA) is 59.0 Å². The zero-order valence-electron chi connectivity index (χ0n) is 16.1. The van der Waals surface area contributed by atoms with Gasteiger partial charge in [0.05, 0.1) is 16.5 Å². The smallest absolute Gasteiger partial charge is 0.229 e. The monoisotopic (exact) mass is 390 g/mol. The fourth-order valence-corrected chi connectivity index (χ4v) is 4.80. The minimum atomic E-state index is -0.965. The van der Waals surface area contributed by atoms with Crippen LogP contribution in [-0.4, -0.2) is 31.5 Å². The van der Waals surface area contributed by atoms with E-state index in [2.05, 4.69) is 38.9 Å². The molecule has 0 saturated heterocycles. The molecule has 2 aliphatic rings. The van der Waals surface area contributed by atoms with Crippen molar-refractivity contribution in [1.82, 2.24) is 15.0 Å². The number of hydrogen-bond donors (Lipinski definition) is 0. The molecule has 1 aliphatic heterocycles. The quantitative estimate of drug-likeness (QED) is 0.669. The number of anilines is 2. The highest BCUT2D eigenvalue weighted by Crippen LogP contribution is 2.57. The maximum Gasteiger partial charge on any atom is 0.229 e. The number of fused-ring (bicyclic) bond motifs is 2. The Morgan fingerprint density at radius 1 is 1.11 bits per heavy atom. The molecule has 1 aromatic carbocycles. The molecule has 28 heavy (non-hydrogen) atoms. The summed E-state index contributed by atoms with van der Waals surface area (Å²) in [7, 11) is -0.965. The first-order chi connectivity index (χ1) is 13.6. The molecule has 1 unspecified atom stereocenters. The van der Waals surface area contributed by atoms with E-state index in [4.69, 9.17) is 0 Å². The Morgan fingerprint density at radius 3 is 2.57 bits per heavy atom. The van der Waals surface area contributed by atoms with Crippen LogP contribution in [0, 0.1) is 6.92 Å². The fourth-order valence-electron chi connectivity index (χ4n) is 4.01. The van der Waals surface area contributed by atoms with Crippen LogP contribution in [0.3, 0.4) is 0 Å². The summed E-state index contributed by atoms with van der Waals surface area (Å²) >= 11 is 0. The number of aryl methyl sites for hydroxylation is 1. The molecule has 0 N–H and O–H groups in total. The molecule has 0 bridgehead atoms. The Hall–Kier alpha value is -2.60. The molecule has 1 spiro atoms. The van der Waals surface area contributed by atoms with E-state index in [-0.39, 0.29) is 5.41 Å². The number of aromatic nitrogens is 3. The lowest BCUT2D eigenvalue weighted by molar-refractivity contribution is 0.684. The van der Waals surface area contributed by atoms with Gasteiger partial charge in [-0.1, -0.05) is 13.0 Å². The minimum absolute atomic E-state index is 0.224. The van der Waals surface area contributed by atoms with Gasteiger partial charge in [0, 0.05) is 52.4 Å². The number of pyridine rings is 1. The van der Waals surface area contributed by atoms with Crippen molar-refractivity contribution in [3.63, 3.8) is 0 Å². The third-order valence-corrected chi connectivity index (χ3v) is 7.07. The van der Waals surface area contributed by atoms with Crippen LogP contribution < -0.4 is 4.90 Å². The lowest BCUT2D eigenvalue weighted by Gasteiger charge is -2.18. The molecule has 1 saturated carbocycles. The Morgan fingerprint density at radius 2 is 1.89 bits per heavy atom. The van der Waals surface area contributed by atoms with E-state index < -0.39 is 10.8 Å². The number of rotatable bonds is 4.